The van der Waals surface area contributed by atoms with Gasteiger partial charge in [-0.25, -0.2) is 0 Å². The Hall–Kier alpha value is -5.01. The second-order valence-electron chi connectivity index (χ2n) is 17.7. The molecule has 0 N–H and O–H groups in total. The summed E-state index contributed by atoms with van der Waals surface area (Å²) in [7, 11) is 0. The zero-order valence-corrected chi connectivity index (χ0v) is 39.2. The van der Waals surface area contributed by atoms with Crippen molar-refractivity contribution in [3.05, 3.63) is 136 Å². The topological polar surface area (TPSA) is 51.2 Å². The molecule has 3 aromatic heterocycles. The maximum absolute atomic E-state index is 15.0. The number of hydrogen-bond donors (Lipinski definition) is 0. The third kappa shape index (κ3) is 7.56. The average Bonchev–Trinajstić information content (AvgIpc) is 4.18. The van der Waals surface area contributed by atoms with Crippen LogP contribution in [0.1, 0.15) is 112 Å². The Balaban J connectivity index is 1.20. The van der Waals surface area contributed by atoms with Crippen molar-refractivity contribution in [3.63, 3.8) is 0 Å². The second kappa shape index (κ2) is 17.9. The molecule has 0 saturated carbocycles. The van der Waals surface area contributed by atoms with Gasteiger partial charge in [-0.2, -0.15) is 0 Å². The first-order valence-electron chi connectivity index (χ1n) is 23.5. The summed E-state index contributed by atoms with van der Waals surface area (Å²) >= 11 is 5.46. The van der Waals surface area contributed by atoms with E-state index in [0.29, 0.717) is 48.5 Å². The first-order chi connectivity index (χ1) is 30.9. The lowest BCUT2D eigenvalue weighted by Crippen LogP contribution is -1.99. The SMILES string of the molecule is CCCCCCc1ccc(-c2ccc3c(=O)c4c(c3c2)c2c(=O)c3ccc(-c5ccc(CCCCCC)s5)cc3c2c2c(=O)c3ccc(-c5ccc(CCCCCC)s5)cc3c42)s1. The van der Waals surface area contributed by atoms with E-state index < -0.39 is 0 Å². The van der Waals surface area contributed by atoms with Crippen LogP contribution in [-0.2, 0) is 19.3 Å². The van der Waals surface area contributed by atoms with Crippen LogP contribution in [0.3, 0.4) is 0 Å². The van der Waals surface area contributed by atoms with Crippen LogP contribution in [0.15, 0.2) is 105 Å². The molecule has 0 bridgehead atoms. The smallest absolute Gasteiger partial charge is 0.194 e. The van der Waals surface area contributed by atoms with Crippen LogP contribution in [0.25, 0.3) is 96.0 Å². The van der Waals surface area contributed by atoms with Gasteiger partial charge in [0.15, 0.2) is 16.3 Å². The minimum atomic E-state index is -0.112. The molecule has 3 heterocycles. The average molecular weight is 883 g/mol. The van der Waals surface area contributed by atoms with E-state index in [4.69, 9.17) is 0 Å². The maximum Gasteiger partial charge on any atom is 0.194 e. The fraction of sp³-hybridized carbons (Fsp3) is 0.316. The van der Waals surface area contributed by atoms with Gasteiger partial charge in [-0.15, -0.1) is 34.0 Å². The third-order valence-electron chi connectivity index (χ3n) is 13.5. The van der Waals surface area contributed by atoms with Gasteiger partial charge in [0, 0.05) is 77.7 Å². The van der Waals surface area contributed by atoms with Crippen molar-refractivity contribution >= 4 is 98.6 Å². The summed E-state index contributed by atoms with van der Waals surface area (Å²) < 4.78 is 0. The Bertz CT molecular complexity index is 3050. The molecule has 63 heavy (non-hydrogen) atoms. The fourth-order valence-electron chi connectivity index (χ4n) is 10.1. The van der Waals surface area contributed by atoms with E-state index in [0.717, 1.165) is 66.7 Å². The normalized spacial score (nSPS) is 12.2. The first kappa shape index (κ1) is 42.0. The van der Waals surface area contributed by atoms with Gasteiger partial charge in [0.2, 0.25) is 0 Å². The molecule has 10 aromatic rings. The molecule has 0 aliphatic carbocycles. The molecule has 0 unspecified atom stereocenters. The van der Waals surface area contributed by atoms with Crippen LogP contribution in [0.5, 0.6) is 0 Å². The number of thiophene rings is 3. The standard InChI is InChI=1S/C57H54O3S3/c1-4-7-10-13-16-37-22-28-46(61-37)34-19-25-40-43(31-34)49-52(55(40)58)50-45-33-36(48-30-24-39(63-48)18-15-12-9-6-3)21-27-42(45)57(60)54(50)51-44-32-35(20-26-41(44)56(59)53(49)51)47-29-23-38(62-47)17-14-11-8-5-2/h19-33H,4-18H2,1-3H3. The number of hydrogen-bond acceptors (Lipinski definition) is 6. The van der Waals surface area contributed by atoms with E-state index in [1.807, 2.05) is 52.2 Å². The number of unbranched alkanes of at least 4 members (excludes halogenated alkanes) is 9. The molecule has 0 aliphatic heterocycles. The van der Waals surface area contributed by atoms with Gasteiger partial charge in [-0.05, 0) is 144 Å². The van der Waals surface area contributed by atoms with E-state index >= 15 is 14.4 Å². The van der Waals surface area contributed by atoms with Crippen molar-refractivity contribution in [2.75, 3.05) is 0 Å². The van der Waals surface area contributed by atoms with Gasteiger partial charge < -0.3 is 0 Å². The van der Waals surface area contributed by atoms with Gasteiger partial charge in [0.1, 0.15) is 0 Å². The zero-order chi connectivity index (χ0) is 43.2. The number of rotatable bonds is 18. The molecule has 6 heteroatoms. The second-order valence-corrected chi connectivity index (χ2v) is 21.3. The van der Waals surface area contributed by atoms with Crippen molar-refractivity contribution in [1.29, 1.82) is 0 Å². The van der Waals surface area contributed by atoms with E-state index in [-0.39, 0.29) is 16.3 Å². The van der Waals surface area contributed by atoms with E-state index in [2.05, 4.69) is 93.6 Å². The van der Waals surface area contributed by atoms with Gasteiger partial charge in [-0.3, -0.25) is 14.4 Å². The lowest BCUT2D eigenvalue weighted by Gasteiger charge is -2.04. The van der Waals surface area contributed by atoms with Crippen LogP contribution < -0.4 is 16.3 Å². The van der Waals surface area contributed by atoms with E-state index in [1.54, 1.807) is 0 Å². The van der Waals surface area contributed by atoms with Crippen molar-refractivity contribution in [2.24, 2.45) is 0 Å². The minimum absolute atomic E-state index is 0.112. The molecule has 7 aromatic carbocycles. The Labute approximate surface area is 381 Å². The minimum Gasteiger partial charge on any atom is -0.289 e. The molecule has 0 amide bonds. The fourth-order valence-corrected chi connectivity index (χ4v) is 13.3. The molecule has 0 fully saturated rings. The van der Waals surface area contributed by atoms with E-state index in [9.17, 15) is 0 Å². The van der Waals surface area contributed by atoms with Crippen molar-refractivity contribution in [1.82, 2.24) is 0 Å². The molecule has 318 valence electrons. The summed E-state index contributed by atoms with van der Waals surface area (Å²) in [5.74, 6) is 0. The Morgan fingerprint density at radius 3 is 0.905 bits per heavy atom. The van der Waals surface area contributed by atoms with Crippen molar-refractivity contribution in [3.8, 4) is 31.3 Å². The molecular weight excluding hydrogens is 829 g/mol. The van der Waals surface area contributed by atoms with Crippen LogP contribution >= 0.6 is 34.0 Å². The number of fused-ring (bicyclic) bond motifs is 12. The first-order valence-corrected chi connectivity index (χ1v) is 25.9. The van der Waals surface area contributed by atoms with Crippen molar-refractivity contribution in [2.45, 2.75) is 117 Å². The number of aryl methyl sites for hydroxylation is 3. The highest BCUT2D eigenvalue weighted by Crippen LogP contribution is 2.46. The van der Waals surface area contributed by atoms with Crippen LogP contribution in [0.2, 0.25) is 0 Å². The van der Waals surface area contributed by atoms with Gasteiger partial charge in [0.25, 0.3) is 0 Å². The summed E-state index contributed by atoms with van der Waals surface area (Å²) in [4.78, 5) is 52.6. The summed E-state index contributed by atoms with van der Waals surface area (Å²) in [6.07, 6.45) is 17.9. The van der Waals surface area contributed by atoms with Crippen LogP contribution in [0, 0.1) is 0 Å². The summed E-state index contributed by atoms with van der Waals surface area (Å²) in [5.41, 5.74) is 2.80. The monoisotopic (exact) mass is 882 g/mol. The largest absolute Gasteiger partial charge is 0.289 e. The van der Waals surface area contributed by atoms with E-state index in [1.165, 1.54) is 91.7 Å². The Morgan fingerprint density at radius 2 is 0.619 bits per heavy atom. The Kier molecular flexibility index (Phi) is 11.9. The maximum atomic E-state index is 15.0. The molecular formula is C57H54O3S3. The molecule has 3 nitrogen and oxygen atoms in total. The number of benzene rings is 4. The highest BCUT2D eigenvalue weighted by atomic mass is 32.1. The zero-order valence-electron chi connectivity index (χ0n) is 36.7. The predicted octanol–water partition coefficient (Wildman–Crippen LogP) is 16.6. The van der Waals surface area contributed by atoms with Gasteiger partial charge in [0.05, 0.1) is 0 Å². The quantitative estimate of drug-likeness (QED) is 0.0807. The third-order valence-corrected chi connectivity index (χ3v) is 17.0. The molecule has 0 spiro atoms. The van der Waals surface area contributed by atoms with Crippen molar-refractivity contribution < 1.29 is 0 Å². The van der Waals surface area contributed by atoms with Gasteiger partial charge >= 0.3 is 0 Å². The van der Waals surface area contributed by atoms with Crippen LogP contribution in [-0.4, -0.2) is 0 Å². The molecule has 10 rings (SSSR count). The lowest BCUT2D eigenvalue weighted by molar-refractivity contribution is 0.670. The lowest BCUT2D eigenvalue weighted by atomic mass is 9.98. The highest BCUT2D eigenvalue weighted by molar-refractivity contribution is 7.16. The highest BCUT2D eigenvalue weighted by Gasteiger charge is 2.28. The molecule has 0 atom stereocenters. The summed E-state index contributed by atoms with van der Waals surface area (Å²) in [6, 6.07) is 31.8. The van der Waals surface area contributed by atoms with Gasteiger partial charge in [-0.1, -0.05) is 96.8 Å². The summed E-state index contributed by atoms with van der Waals surface area (Å²) in [5, 5.41) is 7.72. The predicted molar refractivity (Wildman–Crippen MR) is 277 cm³/mol. The Morgan fingerprint density at radius 1 is 0.317 bits per heavy atom. The molecule has 0 aliphatic rings. The summed E-state index contributed by atoms with van der Waals surface area (Å²) in [6.45, 7) is 6.73. The van der Waals surface area contributed by atoms with Crippen LogP contribution in [0.4, 0.5) is 0 Å². The molecule has 0 radical (unpaired) electrons. The molecule has 0 saturated heterocycles.